The van der Waals surface area contributed by atoms with Crippen LogP contribution < -0.4 is 5.32 Å². The van der Waals surface area contributed by atoms with E-state index in [-0.39, 0.29) is 0 Å². The highest BCUT2D eigenvalue weighted by Crippen LogP contribution is 2.26. The number of piperidine rings is 1. The molecule has 0 spiro atoms. The van der Waals surface area contributed by atoms with Crippen LogP contribution in [-0.2, 0) is 7.05 Å². The molecule has 2 heterocycles. The van der Waals surface area contributed by atoms with Gasteiger partial charge in [-0.05, 0) is 37.4 Å². The lowest BCUT2D eigenvalue weighted by Crippen LogP contribution is -2.26. The summed E-state index contributed by atoms with van der Waals surface area (Å²) in [5.41, 5.74) is 2.53. The highest BCUT2D eigenvalue weighted by molar-refractivity contribution is 5.54. The molecule has 0 saturated carbocycles. The fraction of sp³-hybridized carbons (Fsp3) is 0.429. The van der Waals surface area contributed by atoms with Gasteiger partial charge in [0.1, 0.15) is 6.33 Å². The van der Waals surface area contributed by atoms with E-state index in [1.54, 1.807) is 11.0 Å². The molecule has 18 heavy (non-hydrogen) atoms. The van der Waals surface area contributed by atoms with E-state index < -0.39 is 0 Å². The standard InChI is InChI=1S/C14H18N4/c1-18-10-16-14(17-18)13-4-2-11(3-5-13)12-6-8-15-9-7-12/h2-5,10,12,15H,6-9H2,1H3. The van der Waals surface area contributed by atoms with Gasteiger partial charge in [0.2, 0.25) is 0 Å². The van der Waals surface area contributed by atoms with Crippen molar-refractivity contribution in [1.82, 2.24) is 20.1 Å². The fourth-order valence-corrected chi connectivity index (χ4v) is 2.53. The van der Waals surface area contributed by atoms with Crippen molar-refractivity contribution in [3.05, 3.63) is 36.2 Å². The Morgan fingerprint density at radius 1 is 1.17 bits per heavy atom. The van der Waals surface area contributed by atoms with E-state index in [0.717, 1.165) is 24.5 Å². The molecule has 0 aliphatic carbocycles. The second-order valence-corrected chi connectivity index (χ2v) is 4.89. The van der Waals surface area contributed by atoms with E-state index in [9.17, 15) is 0 Å². The first kappa shape index (κ1) is 11.4. The van der Waals surface area contributed by atoms with Crippen LogP contribution in [-0.4, -0.2) is 27.9 Å². The van der Waals surface area contributed by atoms with Gasteiger partial charge in [-0.25, -0.2) is 4.98 Å². The van der Waals surface area contributed by atoms with Crippen molar-refractivity contribution in [2.45, 2.75) is 18.8 Å². The van der Waals surface area contributed by atoms with Crippen LogP contribution in [0.3, 0.4) is 0 Å². The first-order valence-electron chi connectivity index (χ1n) is 6.49. The summed E-state index contributed by atoms with van der Waals surface area (Å²) in [6.45, 7) is 2.27. The summed E-state index contributed by atoms with van der Waals surface area (Å²) in [4.78, 5) is 4.27. The molecule has 0 amide bonds. The largest absolute Gasteiger partial charge is 0.317 e. The van der Waals surface area contributed by atoms with Gasteiger partial charge < -0.3 is 5.32 Å². The number of rotatable bonds is 2. The lowest BCUT2D eigenvalue weighted by atomic mass is 9.90. The maximum Gasteiger partial charge on any atom is 0.181 e. The molecule has 0 radical (unpaired) electrons. The summed E-state index contributed by atoms with van der Waals surface area (Å²) in [6, 6.07) is 8.71. The van der Waals surface area contributed by atoms with Crippen LogP contribution in [0.25, 0.3) is 11.4 Å². The second kappa shape index (κ2) is 4.90. The minimum Gasteiger partial charge on any atom is -0.317 e. The highest BCUT2D eigenvalue weighted by Gasteiger charge is 2.15. The predicted molar refractivity (Wildman–Crippen MR) is 71.3 cm³/mol. The van der Waals surface area contributed by atoms with E-state index in [1.807, 2.05) is 7.05 Å². The van der Waals surface area contributed by atoms with Crippen LogP contribution in [0.4, 0.5) is 0 Å². The summed E-state index contributed by atoms with van der Waals surface area (Å²) in [7, 11) is 1.89. The van der Waals surface area contributed by atoms with Gasteiger partial charge >= 0.3 is 0 Å². The molecule has 1 aromatic heterocycles. The van der Waals surface area contributed by atoms with Gasteiger partial charge in [-0.3, -0.25) is 4.68 Å². The maximum atomic E-state index is 4.32. The van der Waals surface area contributed by atoms with Gasteiger partial charge in [0.25, 0.3) is 0 Å². The molecular formula is C14H18N4. The third-order valence-corrected chi connectivity index (χ3v) is 3.58. The Hall–Kier alpha value is -1.68. The lowest BCUT2D eigenvalue weighted by molar-refractivity contribution is 0.460. The molecule has 1 aliphatic heterocycles. The van der Waals surface area contributed by atoms with Gasteiger partial charge in [0.05, 0.1) is 0 Å². The number of nitrogens with zero attached hydrogens (tertiary/aromatic N) is 3. The zero-order chi connectivity index (χ0) is 12.4. The molecule has 1 fully saturated rings. The predicted octanol–water partition coefficient (Wildman–Crippen LogP) is 1.95. The Morgan fingerprint density at radius 3 is 2.50 bits per heavy atom. The Balaban J connectivity index is 1.80. The normalized spacial score (nSPS) is 16.9. The topological polar surface area (TPSA) is 42.7 Å². The molecule has 1 aliphatic rings. The van der Waals surface area contributed by atoms with Crippen molar-refractivity contribution >= 4 is 0 Å². The Morgan fingerprint density at radius 2 is 1.89 bits per heavy atom. The van der Waals surface area contributed by atoms with E-state index in [2.05, 4.69) is 39.7 Å². The van der Waals surface area contributed by atoms with Gasteiger partial charge in [-0.15, -0.1) is 0 Å². The highest BCUT2D eigenvalue weighted by atomic mass is 15.3. The number of hydrogen-bond acceptors (Lipinski definition) is 3. The van der Waals surface area contributed by atoms with Crippen molar-refractivity contribution < 1.29 is 0 Å². The lowest BCUT2D eigenvalue weighted by Gasteiger charge is -2.22. The first-order chi connectivity index (χ1) is 8.83. The molecule has 2 aromatic rings. The van der Waals surface area contributed by atoms with Crippen LogP contribution >= 0.6 is 0 Å². The van der Waals surface area contributed by atoms with E-state index in [4.69, 9.17) is 0 Å². The minimum atomic E-state index is 0.706. The molecule has 0 unspecified atom stereocenters. The van der Waals surface area contributed by atoms with Crippen molar-refractivity contribution in [1.29, 1.82) is 0 Å². The number of aryl methyl sites for hydroxylation is 1. The number of aromatic nitrogens is 3. The van der Waals surface area contributed by atoms with Crippen molar-refractivity contribution in [3.8, 4) is 11.4 Å². The third kappa shape index (κ3) is 2.29. The molecule has 4 nitrogen and oxygen atoms in total. The summed E-state index contributed by atoms with van der Waals surface area (Å²) in [5.74, 6) is 1.51. The van der Waals surface area contributed by atoms with Crippen LogP contribution in [0.1, 0.15) is 24.3 Å². The molecule has 1 saturated heterocycles. The monoisotopic (exact) mass is 242 g/mol. The van der Waals surface area contributed by atoms with Crippen molar-refractivity contribution in [2.75, 3.05) is 13.1 Å². The molecule has 1 aromatic carbocycles. The second-order valence-electron chi connectivity index (χ2n) is 4.89. The van der Waals surface area contributed by atoms with Gasteiger partial charge in [0, 0.05) is 12.6 Å². The first-order valence-corrected chi connectivity index (χ1v) is 6.49. The smallest absolute Gasteiger partial charge is 0.181 e. The molecule has 4 heteroatoms. The van der Waals surface area contributed by atoms with E-state index >= 15 is 0 Å². The summed E-state index contributed by atoms with van der Waals surface area (Å²) >= 11 is 0. The van der Waals surface area contributed by atoms with Gasteiger partial charge in [-0.1, -0.05) is 24.3 Å². The summed E-state index contributed by atoms with van der Waals surface area (Å²) < 4.78 is 1.73. The van der Waals surface area contributed by atoms with Crippen molar-refractivity contribution in [3.63, 3.8) is 0 Å². The average Bonchev–Trinajstić information content (AvgIpc) is 2.87. The Kier molecular flexibility index (Phi) is 3.11. The molecule has 1 N–H and O–H groups in total. The van der Waals surface area contributed by atoms with Gasteiger partial charge in [0.15, 0.2) is 5.82 Å². The van der Waals surface area contributed by atoms with Crippen LogP contribution in [0, 0.1) is 0 Å². The van der Waals surface area contributed by atoms with E-state index in [0.29, 0.717) is 5.92 Å². The number of benzene rings is 1. The number of nitrogens with one attached hydrogen (secondary N) is 1. The van der Waals surface area contributed by atoms with Crippen LogP contribution in [0.15, 0.2) is 30.6 Å². The quantitative estimate of drug-likeness (QED) is 0.875. The Labute approximate surface area is 107 Å². The van der Waals surface area contributed by atoms with E-state index in [1.165, 1.54) is 18.4 Å². The summed E-state index contributed by atoms with van der Waals surface area (Å²) in [5, 5.41) is 7.72. The zero-order valence-corrected chi connectivity index (χ0v) is 10.6. The molecule has 0 atom stereocenters. The fourth-order valence-electron chi connectivity index (χ4n) is 2.53. The number of hydrogen-bond donors (Lipinski definition) is 1. The SMILES string of the molecule is Cn1cnc(-c2ccc(C3CCNCC3)cc2)n1. The summed E-state index contributed by atoms with van der Waals surface area (Å²) in [6.07, 6.45) is 4.21. The average molecular weight is 242 g/mol. The van der Waals surface area contributed by atoms with Crippen LogP contribution in [0.5, 0.6) is 0 Å². The maximum absolute atomic E-state index is 4.32. The minimum absolute atomic E-state index is 0.706. The molecular weight excluding hydrogens is 224 g/mol. The molecule has 0 bridgehead atoms. The third-order valence-electron chi connectivity index (χ3n) is 3.58. The molecule has 94 valence electrons. The zero-order valence-electron chi connectivity index (χ0n) is 10.6. The molecule has 3 rings (SSSR count). The van der Waals surface area contributed by atoms with Gasteiger partial charge in [-0.2, -0.15) is 5.10 Å². The Bertz CT molecular complexity index is 509. The van der Waals surface area contributed by atoms with Crippen molar-refractivity contribution in [2.24, 2.45) is 7.05 Å². The van der Waals surface area contributed by atoms with Crippen LogP contribution in [0.2, 0.25) is 0 Å².